The van der Waals surface area contributed by atoms with Gasteiger partial charge in [0.2, 0.25) is 0 Å². The Morgan fingerprint density at radius 3 is 2.70 bits per heavy atom. The molecular weight excluding hydrogens is 273 g/mol. The normalized spacial score (nSPS) is 13.2. The van der Waals surface area contributed by atoms with E-state index >= 15 is 0 Å². The highest BCUT2D eigenvalue weighted by molar-refractivity contribution is 5.34. The molecule has 0 aliphatic heterocycles. The molecule has 1 atom stereocenters. The summed E-state index contributed by atoms with van der Waals surface area (Å²) in [5, 5.41) is 13.7. The van der Waals surface area contributed by atoms with Gasteiger partial charge in [-0.05, 0) is 25.3 Å². The summed E-state index contributed by atoms with van der Waals surface area (Å²) in [4.78, 5) is 10.1. The zero-order chi connectivity index (χ0) is 15.2. The molecule has 1 unspecified atom stereocenters. The standard InChI is InChI=1S/C13H17F3N2O2/c1-10(4-3-7-13(14,15)16)17-9-11-5-2-6-12(8-11)18(19)20/h2,5-6,8,10,17H,3-4,7,9H2,1H3. The molecule has 0 bridgehead atoms. The van der Waals surface area contributed by atoms with Crippen molar-refractivity contribution in [3.8, 4) is 0 Å². The van der Waals surface area contributed by atoms with Gasteiger partial charge >= 0.3 is 6.18 Å². The van der Waals surface area contributed by atoms with Gasteiger partial charge in [0, 0.05) is 31.1 Å². The van der Waals surface area contributed by atoms with E-state index in [0.717, 1.165) is 5.56 Å². The lowest BCUT2D eigenvalue weighted by molar-refractivity contribution is -0.384. The molecule has 0 spiro atoms. The molecule has 0 amide bonds. The van der Waals surface area contributed by atoms with Crippen LogP contribution in [0.2, 0.25) is 0 Å². The van der Waals surface area contributed by atoms with E-state index in [1.165, 1.54) is 12.1 Å². The zero-order valence-electron chi connectivity index (χ0n) is 11.1. The number of nitro benzene ring substituents is 1. The van der Waals surface area contributed by atoms with Gasteiger partial charge in [0.05, 0.1) is 4.92 Å². The molecule has 1 aromatic rings. The van der Waals surface area contributed by atoms with E-state index in [1.807, 2.05) is 0 Å². The van der Waals surface area contributed by atoms with Crippen molar-refractivity contribution in [2.45, 2.75) is 44.9 Å². The maximum Gasteiger partial charge on any atom is 0.389 e. The van der Waals surface area contributed by atoms with Crippen LogP contribution in [0.5, 0.6) is 0 Å². The first kappa shape index (κ1) is 16.4. The average molecular weight is 290 g/mol. The van der Waals surface area contributed by atoms with Crippen LogP contribution in [0.1, 0.15) is 31.7 Å². The lowest BCUT2D eigenvalue weighted by Crippen LogP contribution is -2.25. The lowest BCUT2D eigenvalue weighted by Gasteiger charge is -2.14. The lowest BCUT2D eigenvalue weighted by atomic mass is 10.1. The summed E-state index contributed by atoms with van der Waals surface area (Å²) in [5.74, 6) is 0. The van der Waals surface area contributed by atoms with Crippen LogP contribution in [0.15, 0.2) is 24.3 Å². The molecule has 0 aliphatic rings. The minimum Gasteiger partial charge on any atom is -0.310 e. The molecule has 20 heavy (non-hydrogen) atoms. The van der Waals surface area contributed by atoms with Crippen LogP contribution >= 0.6 is 0 Å². The number of hydrogen-bond donors (Lipinski definition) is 1. The third-order valence-corrected chi connectivity index (χ3v) is 2.87. The molecule has 0 saturated carbocycles. The summed E-state index contributed by atoms with van der Waals surface area (Å²) in [6, 6.07) is 6.11. The average Bonchev–Trinajstić information content (AvgIpc) is 2.35. The van der Waals surface area contributed by atoms with Crippen LogP contribution in [-0.2, 0) is 6.54 Å². The van der Waals surface area contributed by atoms with Gasteiger partial charge in [0.15, 0.2) is 0 Å². The molecule has 7 heteroatoms. The van der Waals surface area contributed by atoms with Gasteiger partial charge in [-0.15, -0.1) is 0 Å². The largest absolute Gasteiger partial charge is 0.389 e. The van der Waals surface area contributed by atoms with Crippen LogP contribution in [0.25, 0.3) is 0 Å². The van der Waals surface area contributed by atoms with E-state index in [1.54, 1.807) is 19.1 Å². The molecule has 0 aromatic heterocycles. The second-order valence-corrected chi connectivity index (χ2v) is 4.72. The minimum atomic E-state index is -4.11. The number of benzene rings is 1. The maximum atomic E-state index is 12.0. The second kappa shape index (κ2) is 7.23. The van der Waals surface area contributed by atoms with E-state index in [4.69, 9.17) is 0 Å². The minimum absolute atomic E-state index is 0.00836. The number of nitro groups is 1. The number of hydrogen-bond acceptors (Lipinski definition) is 3. The van der Waals surface area contributed by atoms with Gasteiger partial charge < -0.3 is 5.32 Å². The molecule has 1 aromatic carbocycles. The van der Waals surface area contributed by atoms with Gasteiger partial charge in [-0.2, -0.15) is 13.2 Å². The number of nitrogens with one attached hydrogen (secondary N) is 1. The molecule has 112 valence electrons. The van der Waals surface area contributed by atoms with E-state index in [-0.39, 0.29) is 18.2 Å². The van der Waals surface area contributed by atoms with Gasteiger partial charge in [-0.3, -0.25) is 10.1 Å². The van der Waals surface area contributed by atoms with Crippen LogP contribution in [0.3, 0.4) is 0 Å². The van der Waals surface area contributed by atoms with Crippen molar-refractivity contribution in [3.05, 3.63) is 39.9 Å². The van der Waals surface area contributed by atoms with Gasteiger partial charge in [-0.25, -0.2) is 0 Å². The monoisotopic (exact) mass is 290 g/mol. The van der Waals surface area contributed by atoms with Crippen LogP contribution in [0, 0.1) is 10.1 Å². The van der Waals surface area contributed by atoms with Crippen molar-refractivity contribution < 1.29 is 18.1 Å². The van der Waals surface area contributed by atoms with Crippen molar-refractivity contribution in [1.82, 2.24) is 5.32 Å². The third-order valence-electron chi connectivity index (χ3n) is 2.87. The van der Waals surface area contributed by atoms with Crippen molar-refractivity contribution >= 4 is 5.69 Å². The van der Waals surface area contributed by atoms with Gasteiger partial charge in [0.25, 0.3) is 5.69 Å². The number of halogens is 3. The fourth-order valence-electron chi connectivity index (χ4n) is 1.78. The number of non-ortho nitro benzene ring substituents is 1. The summed E-state index contributed by atoms with van der Waals surface area (Å²) >= 11 is 0. The van der Waals surface area contributed by atoms with Crippen LogP contribution in [0.4, 0.5) is 18.9 Å². The Labute approximate surface area is 115 Å². The quantitative estimate of drug-likeness (QED) is 0.613. The number of nitrogens with zero attached hydrogens (tertiary/aromatic N) is 1. The van der Waals surface area contributed by atoms with Crippen molar-refractivity contribution in [1.29, 1.82) is 0 Å². The highest BCUT2D eigenvalue weighted by atomic mass is 19.4. The Morgan fingerprint density at radius 2 is 2.10 bits per heavy atom. The molecule has 0 heterocycles. The Morgan fingerprint density at radius 1 is 1.40 bits per heavy atom. The molecular formula is C13H17F3N2O2. The van der Waals surface area contributed by atoms with Crippen LogP contribution < -0.4 is 5.32 Å². The van der Waals surface area contributed by atoms with E-state index in [9.17, 15) is 23.3 Å². The van der Waals surface area contributed by atoms with E-state index < -0.39 is 17.5 Å². The van der Waals surface area contributed by atoms with Gasteiger partial charge in [-0.1, -0.05) is 12.1 Å². The Kier molecular flexibility index (Phi) is 5.94. The Balaban J connectivity index is 2.35. The summed E-state index contributed by atoms with van der Waals surface area (Å²) < 4.78 is 36.0. The number of alkyl halides is 3. The summed E-state index contributed by atoms with van der Waals surface area (Å²) in [6.07, 6.45) is -4.41. The summed E-state index contributed by atoms with van der Waals surface area (Å²) in [5.41, 5.74) is 0.746. The van der Waals surface area contributed by atoms with Crippen molar-refractivity contribution in [2.24, 2.45) is 0 Å². The molecule has 1 N–H and O–H groups in total. The van der Waals surface area contributed by atoms with E-state index in [0.29, 0.717) is 13.0 Å². The van der Waals surface area contributed by atoms with Crippen molar-refractivity contribution in [2.75, 3.05) is 0 Å². The van der Waals surface area contributed by atoms with Crippen LogP contribution in [-0.4, -0.2) is 17.1 Å². The summed E-state index contributed by atoms with van der Waals surface area (Å²) in [7, 11) is 0. The first-order valence-corrected chi connectivity index (χ1v) is 6.31. The first-order valence-electron chi connectivity index (χ1n) is 6.31. The van der Waals surface area contributed by atoms with Gasteiger partial charge in [0.1, 0.15) is 0 Å². The smallest absolute Gasteiger partial charge is 0.310 e. The molecule has 0 radical (unpaired) electrons. The Hall–Kier alpha value is -1.63. The predicted octanol–water partition coefficient (Wildman–Crippen LogP) is 3.81. The van der Waals surface area contributed by atoms with Crippen molar-refractivity contribution in [3.63, 3.8) is 0 Å². The Bertz CT molecular complexity index is 449. The first-order chi connectivity index (χ1) is 9.28. The highest BCUT2D eigenvalue weighted by Gasteiger charge is 2.26. The highest BCUT2D eigenvalue weighted by Crippen LogP contribution is 2.22. The van der Waals surface area contributed by atoms with E-state index in [2.05, 4.69) is 5.32 Å². The molecule has 0 fully saturated rings. The fraction of sp³-hybridized carbons (Fsp3) is 0.538. The summed E-state index contributed by atoms with van der Waals surface area (Å²) in [6.45, 7) is 2.20. The topological polar surface area (TPSA) is 55.2 Å². The molecule has 0 saturated heterocycles. The second-order valence-electron chi connectivity index (χ2n) is 4.72. The molecule has 0 aliphatic carbocycles. The number of rotatable bonds is 7. The zero-order valence-corrected chi connectivity index (χ0v) is 11.1. The third kappa shape index (κ3) is 6.51. The fourth-order valence-corrected chi connectivity index (χ4v) is 1.78. The maximum absolute atomic E-state index is 12.0. The SMILES string of the molecule is CC(CCCC(F)(F)F)NCc1cccc([N+](=O)[O-])c1. The predicted molar refractivity (Wildman–Crippen MR) is 69.3 cm³/mol. The molecule has 1 rings (SSSR count). The molecule has 4 nitrogen and oxygen atoms in total.